The molecule has 0 aliphatic rings. The number of hydrogen-bond donors (Lipinski definition) is 0. The summed E-state index contributed by atoms with van der Waals surface area (Å²) >= 11 is 0. The van der Waals surface area contributed by atoms with Gasteiger partial charge < -0.3 is 0 Å². The van der Waals surface area contributed by atoms with Crippen molar-refractivity contribution >= 4 is 0 Å². The Kier molecular flexibility index (Phi) is 23.2. The monoisotopic (exact) mass is 1760 g/mol. The Labute approximate surface area is 804 Å². The lowest BCUT2D eigenvalue weighted by atomic mass is 9.85. The van der Waals surface area contributed by atoms with Gasteiger partial charge in [-0.2, -0.15) is 0 Å². The summed E-state index contributed by atoms with van der Waals surface area (Å²) in [6.07, 6.45) is 12.3. The van der Waals surface area contributed by atoms with Crippen LogP contribution >= 0.6 is 0 Å². The maximum Gasteiger partial charge on any atom is 0.0708 e. The first kappa shape index (κ1) is 83.9. The third kappa shape index (κ3) is 17.1. The highest BCUT2D eigenvalue weighted by atomic mass is 14.7. The number of aromatic nitrogens is 6. The second kappa shape index (κ2) is 38.1. The summed E-state index contributed by atoms with van der Waals surface area (Å²) in [7, 11) is 0. The number of rotatable bonds is 22. The highest BCUT2D eigenvalue weighted by Crippen LogP contribution is 2.50. The summed E-state index contributed by atoms with van der Waals surface area (Å²) in [6.45, 7) is 0. The van der Waals surface area contributed by atoms with Gasteiger partial charge >= 0.3 is 0 Å². The summed E-state index contributed by atoms with van der Waals surface area (Å²) in [5.74, 6) is 0. The molecule has 0 bridgehead atoms. The molecule has 0 saturated heterocycles. The van der Waals surface area contributed by atoms with Crippen molar-refractivity contribution in [3.8, 4) is 246 Å². The second-order valence-corrected chi connectivity index (χ2v) is 34.7. The smallest absolute Gasteiger partial charge is 0.0708 e. The van der Waals surface area contributed by atoms with E-state index in [1.54, 1.807) is 0 Å². The van der Waals surface area contributed by atoms with Crippen LogP contribution in [0.3, 0.4) is 0 Å². The van der Waals surface area contributed by atoms with Gasteiger partial charge in [-0.1, -0.05) is 425 Å². The van der Waals surface area contributed by atoms with Crippen molar-refractivity contribution < 1.29 is 0 Å². The molecule has 23 aromatic rings. The lowest BCUT2D eigenvalue weighted by Gasteiger charge is -2.20. The van der Waals surface area contributed by atoms with Crippen LogP contribution in [0.2, 0.25) is 0 Å². The van der Waals surface area contributed by atoms with Gasteiger partial charge in [-0.3, -0.25) is 29.9 Å². The standard InChI is InChI=1S/C132H88N6/c1-9-37-89(38-10-1)119-79-129(93-45-17-5-18-46-93)135-85-123(119)115-61-33-29-57-111(115)103-73-101(74-104(77-103)112-58-30-34-62-116(112)124-86-136-130(94-47-19-6-20-48-94)80-120(124)90-39-11-2-12-40-90)109-55-27-25-53-107(109)99-69-71-127(133-83-99)97-65-67-98(68-66-97)128-72-70-100(84-134-128)108-54-26-28-56-110(108)102-75-105(113-59-31-35-63-117(113)125-87-137-131(95-49-21-7-22-50-95)81-121(125)91-41-13-3-14-42-91)78-106(76-102)114-60-32-36-64-118(114)126-88-138-132(96-51-23-8-24-52-96)82-122(126)92-43-15-4-16-44-92/h1-88H. The number of hydrogen-bond acceptors (Lipinski definition) is 6. The van der Waals surface area contributed by atoms with Gasteiger partial charge in [-0.25, -0.2) is 0 Å². The Balaban J connectivity index is 0.590. The zero-order valence-corrected chi connectivity index (χ0v) is 75.5. The van der Waals surface area contributed by atoms with E-state index in [0.29, 0.717) is 0 Å². The van der Waals surface area contributed by atoms with Gasteiger partial charge in [0.1, 0.15) is 0 Å². The Morgan fingerprint density at radius 3 is 0.428 bits per heavy atom. The van der Waals surface area contributed by atoms with E-state index in [4.69, 9.17) is 29.9 Å². The van der Waals surface area contributed by atoms with Crippen LogP contribution in [-0.4, -0.2) is 29.9 Å². The zero-order chi connectivity index (χ0) is 91.9. The molecule has 646 valence electrons. The lowest BCUT2D eigenvalue weighted by Crippen LogP contribution is -1.95. The van der Waals surface area contributed by atoms with Gasteiger partial charge in [0.15, 0.2) is 0 Å². The maximum absolute atomic E-state index is 5.28. The van der Waals surface area contributed by atoms with Gasteiger partial charge in [0.2, 0.25) is 0 Å². The summed E-state index contributed by atoms with van der Waals surface area (Å²) in [6, 6.07) is 178. The summed E-state index contributed by atoms with van der Waals surface area (Å²) in [4.78, 5) is 31.5. The lowest BCUT2D eigenvalue weighted by molar-refractivity contribution is 1.31. The predicted octanol–water partition coefficient (Wildman–Crippen LogP) is 34.7. The normalized spacial score (nSPS) is 11.2. The molecule has 0 amide bonds. The Morgan fingerprint density at radius 1 is 0.0797 bits per heavy atom. The molecule has 0 atom stereocenters. The molecule has 6 aromatic heterocycles. The van der Waals surface area contributed by atoms with Gasteiger partial charge in [0.05, 0.1) is 34.2 Å². The molecule has 17 aromatic carbocycles. The molecule has 0 aliphatic carbocycles. The molecule has 0 fully saturated rings. The Hall–Kier alpha value is -18.4. The summed E-state index contributed by atoms with van der Waals surface area (Å²) < 4.78 is 0. The minimum Gasteiger partial charge on any atom is -0.256 e. The minimum absolute atomic E-state index is 0.861. The number of nitrogens with zero attached hydrogens (tertiary/aromatic N) is 6. The third-order valence-corrected chi connectivity index (χ3v) is 26.3. The largest absolute Gasteiger partial charge is 0.256 e. The van der Waals surface area contributed by atoms with E-state index in [0.717, 1.165) is 246 Å². The molecule has 0 radical (unpaired) electrons. The van der Waals surface area contributed by atoms with E-state index in [1.807, 2.05) is 12.4 Å². The molecule has 6 heterocycles. The van der Waals surface area contributed by atoms with Gasteiger partial charge in [0.25, 0.3) is 0 Å². The van der Waals surface area contributed by atoms with Crippen LogP contribution in [0.15, 0.2) is 535 Å². The first-order valence-corrected chi connectivity index (χ1v) is 46.8. The SMILES string of the molecule is c1ccc(-c2cc(-c3ccccc3)c(-c3ccccc3-c3cc(-c4ccccc4-c4ccc(-c5ccc(-c6ccc(-c7ccccc7-c7cc(-c8ccccc8-c8cnc(-c9ccccc9)cc8-c8ccccc8)cc(-c8ccccc8-c8cnc(-c9ccccc9)cc8-c8ccccc8)c7)cn6)cc5)nc4)cc(-c4ccccc4-c4cnc(-c5ccccc5)cc4-c4ccccc4)c3)cn2)cc1. The fourth-order valence-electron chi connectivity index (χ4n) is 19.5. The van der Waals surface area contributed by atoms with Crippen LogP contribution in [0.5, 0.6) is 0 Å². The first-order chi connectivity index (χ1) is 68.4. The van der Waals surface area contributed by atoms with E-state index in [-0.39, 0.29) is 0 Å². The average Bonchev–Trinajstić information content (AvgIpc) is 0.761. The zero-order valence-electron chi connectivity index (χ0n) is 75.5. The summed E-state index contributed by atoms with van der Waals surface area (Å²) in [5, 5.41) is 0. The van der Waals surface area contributed by atoms with Crippen LogP contribution in [0.25, 0.3) is 246 Å². The first-order valence-electron chi connectivity index (χ1n) is 46.8. The van der Waals surface area contributed by atoms with Crippen molar-refractivity contribution in [1.29, 1.82) is 0 Å². The topological polar surface area (TPSA) is 77.3 Å². The van der Waals surface area contributed by atoms with E-state index < -0.39 is 0 Å². The molecule has 0 N–H and O–H groups in total. The molecule has 23 rings (SSSR count). The highest BCUT2D eigenvalue weighted by Gasteiger charge is 2.26. The number of pyridine rings is 6. The Bertz CT molecular complexity index is 7480. The van der Waals surface area contributed by atoms with Gasteiger partial charge in [-0.05, 0) is 217 Å². The van der Waals surface area contributed by atoms with E-state index in [1.165, 1.54) is 0 Å². The average molecular weight is 1760 g/mol. The third-order valence-electron chi connectivity index (χ3n) is 26.3. The van der Waals surface area contributed by atoms with Crippen LogP contribution in [0, 0.1) is 0 Å². The van der Waals surface area contributed by atoms with Gasteiger partial charge in [0, 0.05) is 104 Å². The van der Waals surface area contributed by atoms with Crippen LogP contribution in [-0.2, 0) is 0 Å². The summed E-state index contributed by atoms with van der Waals surface area (Å²) in [5.41, 5.74) is 45.8. The van der Waals surface area contributed by atoms with Crippen molar-refractivity contribution in [2.75, 3.05) is 0 Å². The van der Waals surface area contributed by atoms with Crippen molar-refractivity contribution in [3.63, 3.8) is 0 Å². The highest BCUT2D eigenvalue weighted by molar-refractivity contribution is 6.02. The molecule has 6 heteroatoms. The van der Waals surface area contributed by atoms with Crippen molar-refractivity contribution in [3.05, 3.63) is 535 Å². The molecule has 138 heavy (non-hydrogen) atoms. The van der Waals surface area contributed by atoms with Gasteiger partial charge in [-0.15, -0.1) is 0 Å². The van der Waals surface area contributed by atoms with E-state index >= 15 is 0 Å². The van der Waals surface area contributed by atoms with Crippen molar-refractivity contribution in [2.45, 2.75) is 0 Å². The van der Waals surface area contributed by atoms with Crippen LogP contribution in [0.4, 0.5) is 0 Å². The molecule has 0 aliphatic heterocycles. The van der Waals surface area contributed by atoms with Crippen LogP contribution < -0.4 is 0 Å². The second-order valence-electron chi connectivity index (χ2n) is 34.7. The van der Waals surface area contributed by atoms with E-state index in [9.17, 15) is 0 Å². The molecule has 0 spiro atoms. The minimum atomic E-state index is 0.861. The molecule has 0 saturated carbocycles. The predicted molar refractivity (Wildman–Crippen MR) is 573 cm³/mol. The van der Waals surface area contributed by atoms with E-state index in [2.05, 4.69) is 522 Å². The van der Waals surface area contributed by atoms with Crippen molar-refractivity contribution in [1.82, 2.24) is 29.9 Å². The molecule has 6 nitrogen and oxygen atoms in total. The number of benzene rings is 17. The molecular formula is C132H88N6. The van der Waals surface area contributed by atoms with Crippen molar-refractivity contribution in [2.24, 2.45) is 0 Å². The van der Waals surface area contributed by atoms with Crippen LogP contribution in [0.1, 0.15) is 0 Å². The maximum atomic E-state index is 5.28. The fourth-order valence-corrected chi connectivity index (χ4v) is 19.5. The molecule has 0 unspecified atom stereocenters. The fraction of sp³-hybridized carbons (Fsp3) is 0. The quantitative estimate of drug-likeness (QED) is 0.0673. The Morgan fingerprint density at radius 2 is 0.232 bits per heavy atom. The molecular weight excluding hydrogens is 1670 g/mol.